The van der Waals surface area contributed by atoms with Gasteiger partial charge in [0.15, 0.2) is 0 Å². The highest BCUT2D eigenvalue weighted by molar-refractivity contribution is 5.30. The molecule has 2 rings (SSSR count). The van der Waals surface area contributed by atoms with Crippen LogP contribution in [0.2, 0.25) is 0 Å². The molecule has 0 unspecified atom stereocenters. The molecule has 14 heavy (non-hydrogen) atoms. The van der Waals surface area contributed by atoms with Crippen molar-refractivity contribution in [3.63, 3.8) is 0 Å². The predicted octanol–water partition coefficient (Wildman–Crippen LogP) is 0.997. The lowest BCUT2D eigenvalue weighted by Crippen LogP contribution is -2.29. The molecule has 78 valence electrons. The predicted molar refractivity (Wildman–Crippen MR) is 56.9 cm³/mol. The van der Waals surface area contributed by atoms with Crippen LogP contribution in [0.1, 0.15) is 25.7 Å². The zero-order valence-corrected chi connectivity index (χ0v) is 8.45. The Balaban J connectivity index is 1.67. The zero-order chi connectivity index (χ0) is 9.80. The van der Waals surface area contributed by atoms with Gasteiger partial charge < -0.3 is 11.1 Å². The molecule has 1 aliphatic carbocycles. The van der Waals surface area contributed by atoms with Crippen molar-refractivity contribution in [2.45, 2.75) is 38.3 Å². The third-order valence-electron chi connectivity index (χ3n) is 2.78. The third kappa shape index (κ3) is 2.48. The monoisotopic (exact) mass is 194 g/mol. The molecule has 1 aromatic rings. The molecule has 0 spiro atoms. The van der Waals surface area contributed by atoms with E-state index in [1.807, 2.05) is 10.9 Å². The summed E-state index contributed by atoms with van der Waals surface area (Å²) in [6, 6.07) is 0.739. The van der Waals surface area contributed by atoms with E-state index in [1.54, 1.807) is 6.20 Å². The number of rotatable bonds is 4. The van der Waals surface area contributed by atoms with Gasteiger partial charge in [0.2, 0.25) is 0 Å². The van der Waals surface area contributed by atoms with Crippen LogP contribution in [0.3, 0.4) is 0 Å². The summed E-state index contributed by atoms with van der Waals surface area (Å²) >= 11 is 0. The van der Waals surface area contributed by atoms with Gasteiger partial charge in [0, 0.05) is 18.8 Å². The molecule has 0 saturated heterocycles. The summed E-state index contributed by atoms with van der Waals surface area (Å²) in [4.78, 5) is 0. The molecule has 1 aliphatic rings. The average Bonchev–Trinajstić information content (AvgIpc) is 2.77. The summed E-state index contributed by atoms with van der Waals surface area (Å²) in [5.74, 6) is 0. The molecule has 4 nitrogen and oxygen atoms in total. The summed E-state index contributed by atoms with van der Waals surface area (Å²) in [6.45, 7) is 1.90. The van der Waals surface area contributed by atoms with Gasteiger partial charge in [-0.3, -0.25) is 4.68 Å². The van der Waals surface area contributed by atoms with Gasteiger partial charge >= 0.3 is 0 Å². The maximum absolute atomic E-state index is 5.57. The number of nitrogen functional groups attached to an aromatic ring is 1. The standard InChI is InChI=1S/C10H18N4/c11-9-7-13-14(8-9)6-5-12-10-3-1-2-4-10/h7-8,10,12H,1-6,11H2. The molecule has 0 amide bonds. The van der Waals surface area contributed by atoms with Crippen LogP contribution in [0, 0.1) is 0 Å². The lowest BCUT2D eigenvalue weighted by Gasteiger charge is -2.11. The van der Waals surface area contributed by atoms with E-state index in [-0.39, 0.29) is 0 Å². The fourth-order valence-corrected chi connectivity index (χ4v) is 2.02. The van der Waals surface area contributed by atoms with Crippen molar-refractivity contribution < 1.29 is 0 Å². The van der Waals surface area contributed by atoms with Crippen molar-refractivity contribution >= 4 is 5.69 Å². The average molecular weight is 194 g/mol. The first kappa shape index (κ1) is 9.52. The van der Waals surface area contributed by atoms with E-state index in [4.69, 9.17) is 5.73 Å². The fourth-order valence-electron chi connectivity index (χ4n) is 2.02. The van der Waals surface area contributed by atoms with Crippen molar-refractivity contribution in [3.8, 4) is 0 Å². The van der Waals surface area contributed by atoms with Crippen LogP contribution in [0.25, 0.3) is 0 Å². The Labute approximate surface area is 84.5 Å². The Morgan fingerprint density at radius 2 is 2.29 bits per heavy atom. The van der Waals surface area contributed by atoms with Crippen LogP contribution in [0.4, 0.5) is 5.69 Å². The smallest absolute Gasteiger partial charge is 0.0719 e. The summed E-state index contributed by atoms with van der Waals surface area (Å²) < 4.78 is 1.89. The van der Waals surface area contributed by atoms with Crippen LogP contribution < -0.4 is 11.1 Å². The van der Waals surface area contributed by atoms with Crippen LogP contribution >= 0.6 is 0 Å². The molecular formula is C10H18N4. The molecule has 3 N–H and O–H groups in total. The van der Waals surface area contributed by atoms with Crippen molar-refractivity contribution in [1.29, 1.82) is 0 Å². The van der Waals surface area contributed by atoms with Crippen molar-refractivity contribution in [1.82, 2.24) is 15.1 Å². The summed E-state index contributed by atoms with van der Waals surface area (Å²) in [5, 5.41) is 7.67. The highest BCUT2D eigenvalue weighted by atomic mass is 15.3. The second kappa shape index (κ2) is 4.46. The van der Waals surface area contributed by atoms with Crippen LogP contribution in [0.15, 0.2) is 12.4 Å². The molecule has 0 radical (unpaired) electrons. The summed E-state index contributed by atoms with van der Waals surface area (Å²) in [7, 11) is 0. The molecule has 1 fully saturated rings. The largest absolute Gasteiger partial charge is 0.396 e. The van der Waals surface area contributed by atoms with E-state index in [0.717, 1.165) is 24.8 Å². The maximum Gasteiger partial charge on any atom is 0.0719 e. The maximum atomic E-state index is 5.57. The number of hydrogen-bond donors (Lipinski definition) is 2. The minimum absolute atomic E-state index is 0.739. The number of nitrogens with two attached hydrogens (primary N) is 1. The van der Waals surface area contributed by atoms with E-state index in [1.165, 1.54) is 25.7 Å². The van der Waals surface area contributed by atoms with Gasteiger partial charge in [0.1, 0.15) is 0 Å². The first-order chi connectivity index (χ1) is 6.84. The number of anilines is 1. The minimum Gasteiger partial charge on any atom is -0.396 e. The molecule has 0 atom stereocenters. The first-order valence-electron chi connectivity index (χ1n) is 5.36. The summed E-state index contributed by atoms with van der Waals surface area (Å²) in [5.41, 5.74) is 6.31. The number of aromatic nitrogens is 2. The number of hydrogen-bond acceptors (Lipinski definition) is 3. The van der Waals surface area contributed by atoms with Crippen molar-refractivity contribution in [3.05, 3.63) is 12.4 Å². The lowest BCUT2D eigenvalue weighted by molar-refractivity contribution is 0.481. The van der Waals surface area contributed by atoms with Gasteiger partial charge in [-0.25, -0.2) is 0 Å². The normalized spacial score (nSPS) is 17.7. The highest BCUT2D eigenvalue weighted by Gasteiger charge is 2.13. The SMILES string of the molecule is Nc1cnn(CCNC2CCCC2)c1. The Kier molecular flexibility index (Phi) is 3.03. The molecule has 0 bridgehead atoms. The van der Waals surface area contributed by atoms with Crippen LogP contribution in [0.5, 0.6) is 0 Å². The van der Waals surface area contributed by atoms with Gasteiger partial charge in [-0.2, -0.15) is 5.10 Å². The van der Waals surface area contributed by atoms with E-state index >= 15 is 0 Å². The zero-order valence-electron chi connectivity index (χ0n) is 8.45. The number of nitrogens with zero attached hydrogens (tertiary/aromatic N) is 2. The van der Waals surface area contributed by atoms with Crippen LogP contribution in [-0.2, 0) is 6.54 Å². The first-order valence-corrected chi connectivity index (χ1v) is 5.36. The Hall–Kier alpha value is -1.03. The van der Waals surface area contributed by atoms with Crippen molar-refractivity contribution in [2.24, 2.45) is 0 Å². The van der Waals surface area contributed by atoms with E-state index in [2.05, 4.69) is 10.4 Å². The van der Waals surface area contributed by atoms with E-state index in [9.17, 15) is 0 Å². The van der Waals surface area contributed by atoms with E-state index in [0.29, 0.717) is 0 Å². The second-order valence-corrected chi connectivity index (χ2v) is 3.97. The third-order valence-corrected chi connectivity index (χ3v) is 2.78. The molecule has 0 aromatic carbocycles. The second-order valence-electron chi connectivity index (χ2n) is 3.97. The highest BCUT2D eigenvalue weighted by Crippen LogP contribution is 2.17. The molecule has 4 heteroatoms. The van der Waals surface area contributed by atoms with Gasteiger partial charge in [-0.1, -0.05) is 12.8 Å². The van der Waals surface area contributed by atoms with Gasteiger partial charge in [-0.05, 0) is 12.8 Å². The molecule has 0 aliphatic heterocycles. The summed E-state index contributed by atoms with van der Waals surface area (Å²) in [6.07, 6.45) is 8.99. The minimum atomic E-state index is 0.739. The molecular weight excluding hydrogens is 176 g/mol. The quantitative estimate of drug-likeness (QED) is 0.751. The molecule has 1 saturated carbocycles. The van der Waals surface area contributed by atoms with Crippen molar-refractivity contribution in [2.75, 3.05) is 12.3 Å². The Morgan fingerprint density at radius 3 is 2.93 bits per heavy atom. The Morgan fingerprint density at radius 1 is 1.50 bits per heavy atom. The lowest BCUT2D eigenvalue weighted by atomic mass is 10.2. The Bertz CT molecular complexity index is 275. The molecule has 1 heterocycles. The van der Waals surface area contributed by atoms with Gasteiger partial charge in [0.05, 0.1) is 18.4 Å². The van der Waals surface area contributed by atoms with Crippen LogP contribution in [-0.4, -0.2) is 22.4 Å². The van der Waals surface area contributed by atoms with Gasteiger partial charge in [0.25, 0.3) is 0 Å². The van der Waals surface area contributed by atoms with E-state index < -0.39 is 0 Å². The molecule has 1 aromatic heterocycles. The topological polar surface area (TPSA) is 55.9 Å². The van der Waals surface area contributed by atoms with Gasteiger partial charge in [-0.15, -0.1) is 0 Å². The fraction of sp³-hybridized carbons (Fsp3) is 0.700. The number of nitrogens with one attached hydrogen (secondary N) is 1.